The minimum atomic E-state index is -0.138. The number of rotatable bonds is 6. The first-order valence-electron chi connectivity index (χ1n) is 7.17. The van der Waals surface area contributed by atoms with E-state index in [1.807, 2.05) is 18.2 Å². The molecule has 1 atom stereocenters. The van der Waals surface area contributed by atoms with Crippen molar-refractivity contribution in [2.45, 2.75) is 26.3 Å². The second-order valence-electron chi connectivity index (χ2n) is 5.48. The van der Waals surface area contributed by atoms with E-state index in [9.17, 15) is 4.39 Å². The van der Waals surface area contributed by atoms with Crippen LogP contribution in [0.3, 0.4) is 0 Å². The van der Waals surface area contributed by atoms with E-state index >= 15 is 0 Å². The standard InChI is InChI=1S/C18H22FN/c1-14(2)17(15-8-4-3-5-9-15)13-20-12-16-10-6-7-11-18(16)19/h3-11,14,17,20H,12-13H2,1-2H3. The summed E-state index contributed by atoms with van der Waals surface area (Å²) in [4.78, 5) is 0. The lowest BCUT2D eigenvalue weighted by molar-refractivity contribution is 0.458. The molecule has 0 heterocycles. The maximum atomic E-state index is 13.6. The quantitative estimate of drug-likeness (QED) is 0.823. The van der Waals surface area contributed by atoms with Gasteiger partial charge in [-0.15, -0.1) is 0 Å². The van der Waals surface area contributed by atoms with Gasteiger partial charge in [0.1, 0.15) is 5.82 Å². The van der Waals surface area contributed by atoms with E-state index in [1.54, 1.807) is 6.07 Å². The molecule has 0 bridgehead atoms. The number of hydrogen-bond donors (Lipinski definition) is 1. The van der Waals surface area contributed by atoms with Gasteiger partial charge in [0.15, 0.2) is 0 Å². The van der Waals surface area contributed by atoms with Crippen molar-refractivity contribution in [1.29, 1.82) is 0 Å². The number of nitrogens with one attached hydrogen (secondary N) is 1. The Labute approximate surface area is 120 Å². The van der Waals surface area contributed by atoms with Crippen LogP contribution in [-0.2, 0) is 6.54 Å². The highest BCUT2D eigenvalue weighted by Gasteiger charge is 2.15. The topological polar surface area (TPSA) is 12.0 Å². The lowest BCUT2D eigenvalue weighted by atomic mass is 9.88. The number of hydrogen-bond acceptors (Lipinski definition) is 1. The Kier molecular flexibility index (Phi) is 5.31. The average Bonchev–Trinajstić information content (AvgIpc) is 2.46. The molecular weight excluding hydrogens is 249 g/mol. The van der Waals surface area contributed by atoms with Crippen LogP contribution in [0, 0.1) is 11.7 Å². The largest absolute Gasteiger partial charge is 0.312 e. The van der Waals surface area contributed by atoms with Crippen LogP contribution in [-0.4, -0.2) is 6.54 Å². The molecule has 2 aromatic carbocycles. The van der Waals surface area contributed by atoms with Crippen molar-refractivity contribution in [3.05, 3.63) is 71.5 Å². The summed E-state index contributed by atoms with van der Waals surface area (Å²) in [5, 5.41) is 3.38. The van der Waals surface area contributed by atoms with Gasteiger partial charge in [-0.1, -0.05) is 62.4 Å². The Hall–Kier alpha value is -1.67. The highest BCUT2D eigenvalue weighted by Crippen LogP contribution is 2.23. The normalized spacial score (nSPS) is 12.6. The average molecular weight is 271 g/mol. The van der Waals surface area contributed by atoms with Gasteiger partial charge in [0, 0.05) is 18.7 Å². The van der Waals surface area contributed by atoms with Crippen molar-refractivity contribution in [3.63, 3.8) is 0 Å². The van der Waals surface area contributed by atoms with E-state index in [2.05, 4.69) is 43.4 Å². The molecule has 1 nitrogen and oxygen atoms in total. The molecule has 106 valence electrons. The maximum absolute atomic E-state index is 13.6. The molecule has 1 unspecified atom stereocenters. The predicted octanol–water partition coefficient (Wildman–Crippen LogP) is 4.36. The first-order chi connectivity index (χ1) is 9.68. The molecule has 2 rings (SSSR count). The monoisotopic (exact) mass is 271 g/mol. The Morgan fingerprint density at radius 3 is 2.25 bits per heavy atom. The van der Waals surface area contributed by atoms with Crippen LogP contribution in [0.4, 0.5) is 4.39 Å². The van der Waals surface area contributed by atoms with Gasteiger partial charge in [-0.2, -0.15) is 0 Å². The summed E-state index contributed by atoms with van der Waals surface area (Å²) in [6.45, 7) is 5.88. The maximum Gasteiger partial charge on any atom is 0.127 e. The highest BCUT2D eigenvalue weighted by atomic mass is 19.1. The highest BCUT2D eigenvalue weighted by molar-refractivity contribution is 5.21. The molecule has 0 aliphatic heterocycles. The van der Waals surface area contributed by atoms with Crippen molar-refractivity contribution < 1.29 is 4.39 Å². The SMILES string of the molecule is CC(C)C(CNCc1ccccc1F)c1ccccc1. The van der Waals surface area contributed by atoms with Crippen LogP contribution in [0.25, 0.3) is 0 Å². The van der Waals surface area contributed by atoms with Crippen LogP contribution >= 0.6 is 0 Å². The van der Waals surface area contributed by atoms with Crippen molar-refractivity contribution in [3.8, 4) is 0 Å². The fourth-order valence-electron chi connectivity index (χ4n) is 2.44. The number of halogens is 1. The molecule has 0 amide bonds. The van der Waals surface area contributed by atoms with E-state index in [-0.39, 0.29) is 5.82 Å². The second kappa shape index (κ2) is 7.20. The number of benzene rings is 2. The van der Waals surface area contributed by atoms with Crippen LogP contribution in [0.1, 0.15) is 30.9 Å². The van der Waals surface area contributed by atoms with Crippen molar-refractivity contribution >= 4 is 0 Å². The minimum Gasteiger partial charge on any atom is -0.312 e. The first kappa shape index (κ1) is 14.7. The molecule has 0 aromatic heterocycles. The Bertz CT molecular complexity index is 522. The summed E-state index contributed by atoms with van der Waals surface area (Å²) in [5.74, 6) is 0.856. The molecule has 0 fully saturated rings. The van der Waals surface area contributed by atoms with Crippen LogP contribution in [0.2, 0.25) is 0 Å². The fourth-order valence-corrected chi connectivity index (χ4v) is 2.44. The Morgan fingerprint density at radius 2 is 1.60 bits per heavy atom. The summed E-state index contributed by atoms with van der Waals surface area (Å²) < 4.78 is 13.6. The Morgan fingerprint density at radius 1 is 0.950 bits per heavy atom. The van der Waals surface area contributed by atoms with Gasteiger partial charge in [0.25, 0.3) is 0 Å². The zero-order chi connectivity index (χ0) is 14.4. The third-order valence-corrected chi connectivity index (χ3v) is 3.67. The van der Waals surface area contributed by atoms with Crippen LogP contribution in [0.5, 0.6) is 0 Å². The van der Waals surface area contributed by atoms with Gasteiger partial charge in [0.05, 0.1) is 0 Å². The van der Waals surface area contributed by atoms with E-state index in [0.29, 0.717) is 18.4 Å². The van der Waals surface area contributed by atoms with Gasteiger partial charge in [-0.05, 0) is 23.5 Å². The van der Waals surface area contributed by atoms with Gasteiger partial charge >= 0.3 is 0 Å². The molecule has 1 N–H and O–H groups in total. The molecule has 0 radical (unpaired) electrons. The lowest BCUT2D eigenvalue weighted by Gasteiger charge is -2.22. The zero-order valence-electron chi connectivity index (χ0n) is 12.1. The van der Waals surface area contributed by atoms with Gasteiger partial charge in [-0.3, -0.25) is 0 Å². The summed E-state index contributed by atoms with van der Waals surface area (Å²) in [6, 6.07) is 17.4. The third-order valence-electron chi connectivity index (χ3n) is 3.67. The van der Waals surface area contributed by atoms with E-state index in [1.165, 1.54) is 11.6 Å². The lowest BCUT2D eigenvalue weighted by Crippen LogP contribution is -2.24. The van der Waals surface area contributed by atoms with Crippen LogP contribution < -0.4 is 5.32 Å². The van der Waals surface area contributed by atoms with Gasteiger partial charge in [-0.25, -0.2) is 4.39 Å². The van der Waals surface area contributed by atoms with Gasteiger partial charge < -0.3 is 5.32 Å². The molecule has 2 aromatic rings. The molecule has 20 heavy (non-hydrogen) atoms. The van der Waals surface area contributed by atoms with E-state index in [4.69, 9.17) is 0 Å². The summed E-state index contributed by atoms with van der Waals surface area (Å²) >= 11 is 0. The summed E-state index contributed by atoms with van der Waals surface area (Å²) in [5.41, 5.74) is 2.06. The summed E-state index contributed by atoms with van der Waals surface area (Å²) in [6.07, 6.45) is 0. The molecule has 0 aliphatic rings. The second-order valence-corrected chi connectivity index (χ2v) is 5.48. The van der Waals surface area contributed by atoms with Crippen molar-refractivity contribution in [2.24, 2.45) is 5.92 Å². The first-order valence-corrected chi connectivity index (χ1v) is 7.17. The zero-order valence-corrected chi connectivity index (χ0v) is 12.1. The smallest absolute Gasteiger partial charge is 0.127 e. The molecule has 0 spiro atoms. The van der Waals surface area contributed by atoms with E-state index < -0.39 is 0 Å². The van der Waals surface area contributed by atoms with Crippen molar-refractivity contribution in [2.75, 3.05) is 6.54 Å². The molecule has 2 heteroatoms. The molecule has 0 aliphatic carbocycles. The van der Waals surface area contributed by atoms with E-state index in [0.717, 1.165) is 12.1 Å². The van der Waals surface area contributed by atoms with Gasteiger partial charge in [0.2, 0.25) is 0 Å². The van der Waals surface area contributed by atoms with Crippen LogP contribution in [0.15, 0.2) is 54.6 Å². The third kappa shape index (κ3) is 3.91. The molecule has 0 saturated carbocycles. The minimum absolute atomic E-state index is 0.138. The molecule has 0 saturated heterocycles. The predicted molar refractivity (Wildman–Crippen MR) is 82.1 cm³/mol. The Balaban J connectivity index is 1.95. The van der Waals surface area contributed by atoms with Crippen molar-refractivity contribution in [1.82, 2.24) is 5.32 Å². The summed E-state index contributed by atoms with van der Waals surface area (Å²) in [7, 11) is 0. The molecular formula is C18H22FN. The fraction of sp³-hybridized carbons (Fsp3) is 0.333.